The predicted molar refractivity (Wildman–Crippen MR) is 105 cm³/mol. The zero-order chi connectivity index (χ0) is 19.0. The van der Waals surface area contributed by atoms with Crippen molar-refractivity contribution >= 4 is 29.1 Å². The monoisotopic (exact) mass is 412 g/mol. The van der Waals surface area contributed by atoms with E-state index in [1.165, 1.54) is 12.8 Å². The summed E-state index contributed by atoms with van der Waals surface area (Å²) in [5.41, 5.74) is 0.570. The molecular weight excluding hydrogens is 387 g/mol. The van der Waals surface area contributed by atoms with Crippen LogP contribution in [0.4, 0.5) is 0 Å². The molecule has 2 atom stereocenters. The number of hydrogen-bond acceptors (Lipinski definition) is 4. The lowest BCUT2D eigenvalue weighted by Crippen LogP contribution is -2.58. The number of hydrogen-bond donors (Lipinski definition) is 0. The van der Waals surface area contributed by atoms with E-state index in [1.54, 1.807) is 18.2 Å². The first-order valence-electron chi connectivity index (χ1n) is 9.73. The van der Waals surface area contributed by atoms with E-state index >= 15 is 0 Å². The highest BCUT2D eigenvalue weighted by molar-refractivity contribution is 6.42. The lowest BCUT2D eigenvalue weighted by molar-refractivity contribution is -0.196. The normalized spacial score (nSPS) is 28.0. The molecule has 0 radical (unpaired) electrons. The Morgan fingerprint density at radius 1 is 1.19 bits per heavy atom. The number of nitrogens with zero attached hydrogens (tertiary/aromatic N) is 2. The van der Waals surface area contributed by atoms with Crippen LogP contribution in [0.1, 0.15) is 42.5 Å². The molecule has 2 aliphatic heterocycles. The third-order valence-electron chi connectivity index (χ3n) is 6.19. The van der Waals surface area contributed by atoms with E-state index in [-0.39, 0.29) is 18.0 Å². The second-order valence-corrected chi connectivity index (χ2v) is 8.59. The van der Waals surface area contributed by atoms with E-state index < -0.39 is 5.79 Å². The molecule has 1 spiro atoms. The SMILES string of the molecule is CN(C(=O)c1ccc(Cl)c(Cl)c1)[C@H]1CCC2(C[C@@H]1N1CCCC1)OCCO2. The van der Waals surface area contributed by atoms with Crippen LogP contribution in [0.5, 0.6) is 0 Å². The molecule has 27 heavy (non-hydrogen) atoms. The van der Waals surface area contributed by atoms with Crippen molar-refractivity contribution in [3.63, 3.8) is 0 Å². The molecule has 0 aromatic heterocycles. The number of halogens is 2. The molecule has 4 rings (SSSR count). The molecular formula is C20H26Cl2N2O3. The topological polar surface area (TPSA) is 42.0 Å². The molecule has 1 aromatic rings. The fourth-order valence-corrected chi connectivity index (χ4v) is 5.06. The first kappa shape index (κ1) is 19.5. The average Bonchev–Trinajstić information content (AvgIpc) is 3.35. The molecule has 3 aliphatic rings. The van der Waals surface area contributed by atoms with Gasteiger partial charge in [-0.25, -0.2) is 0 Å². The van der Waals surface area contributed by atoms with Gasteiger partial charge in [-0.05, 0) is 50.6 Å². The van der Waals surface area contributed by atoms with Gasteiger partial charge in [-0.15, -0.1) is 0 Å². The smallest absolute Gasteiger partial charge is 0.253 e. The molecule has 1 aliphatic carbocycles. The molecule has 0 unspecified atom stereocenters. The number of amides is 1. The summed E-state index contributed by atoms with van der Waals surface area (Å²) >= 11 is 12.1. The molecule has 5 nitrogen and oxygen atoms in total. The van der Waals surface area contributed by atoms with Crippen molar-refractivity contribution in [3.8, 4) is 0 Å². The van der Waals surface area contributed by atoms with Crippen molar-refractivity contribution < 1.29 is 14.3 Å². The van der Waals surface area contributed by atoms with Crippen molar-refractivity contribution in [1.82, 2.24) is 9.80 Å². The molecule has 2 heterocycles. The summed E-state index contributed by atoms with van der Waals surface area (Å²) in [7, 11) is 1.90. The van der Waals surface area contributed by atoms with Gasteiger partial charge in [0.25, 0.3) is 5.91 Å². The highest BCUT2D eigenvalue weighted by atomic mass is 35.5. The molecule has 0 bridgehead atoms. The van der Waals surface area contributed by atoms with E-state index in [0.717, 1.165) is 32.4 Å². The Bertz CT molecular complexity index is 702. The van der Waals surface area contributed by atoms with Crippen molar-refractivity contribution in [1.29, 1.82) is 0 Å². The quantitative estimate of drug-likeness (QED) is 0.756. The van der Waals surface area contributed by atoms with Crippen LogP contribution in [0.25, 0.3) is 0 Å². The summed E-state index contributed by atoms with van der Waals surface area (Å²) in [6, 6.07) is 5.45. The Balaban J connectivity index is 1.55. The van der Waals surface area contributed by atoms with Crippen molar-refractivity contribution in [2.24, 2.45) is 0 Å². The molecule has 7 heteroatoms. The fourth-order valence-electron chi connectivity index (χ4n) is 4.76. The number of ether oxygens (including phenoxy) is 2. The standard InChI is InChI=1S/C20H26Cl2N2O3/c1-23(19(25)14-4-5-15(21)16(22)12-14)17-6-7-20(26-10-11-27-20)13-18(17)24-8-2-3-9-24/h4-5,12,17-18H,2-3,6-11,13H2,1H3/t17-,18-/m0/s1. The zero-order valence-corrected chi connectivity index (χ0v) is 17.1. The number of rotatable bonds is 3. The summed E-state index contributed by atoms with van der Waals surface area (Å²) in [6.07, 6.45) is 4.92. The Labute approximate surface area is 170 Å². The van der Waals surface area contributed by atoms with Gasteiger partial charge in [0.05, 0.1) is 23.3 Å². The molecule has 1 aromatic carbocycles. The molecule has 1 amide bonds. The van der Waals surface area contributed by atoms with Gasteiger partial charge in [-0.2, -0.15) is 0 Å². The van der Waals surface area contributed by atoms with Gasteiger partial charge in [0, 0.05) is 37.5 Å². The largest absolute Gasteiger partial charge is 0.347 e. The minimum atomic E-state index is -0.461. The average molecular weight is 413 g/mol. The highest BCUT2D eigenvalue weighted by Gasteiger charge is 2.48. The summed E-state index contributed by atoms with van der Waals surface area (Å²) in [4.78, 5) is 17.5. The highest BCUT2D eigenvalue weighted by Crippen LogP contribution is 2.40. The van der Waals surface area contributed by atoms with Crippen LogP contribution < -0.4 is 0 Å². The first-order chi connectivity index (χ1) is 13.0. The van der Waals surface area contributed by atoms with Crippen LogP contribution in [0.15, 0.2) is 18.2 Å². The van der Waals surface area contributed by atoms with Crippen molar-refractivity contribution in [3.05, 3.63) is 33.8 Å². The van der Waals surface area contributed by atoms with E-state index in [9.17, 15) is 4.79 Å². The Hall–Kier alpha value is -0.850. The van der Waals surface area contributed by atoms with Crippen LogP contribution in [-0.4, -0.2) is 66.9 Å². The Morgan fingerprint density at radius 2 is 1.89 bits per heavy atom. The Morgan fingerprint density at radius 3 is 2.56 bits per heavy atom. The fraction of sp³-hybridized carbons (Fsp3) is 0.650. The van der Waals surface area contributed by atoms with Gasteiger partial charge in [0.15, 0.2) is 5.79 Å². The van der Waals surface area contributed by atoms with Crippen LogP contribution in [0, 0.1) is 0 Å². The Kier molecular flexibility index (Phi) is 5.68. The van der Waals surface area contributed by atoms with Gasteiger partial charge in [-0.3, -0.25) is 9.69 Å². The van der Waals surface area contributed by atoms with Crippen molar-refractivity contribution in [2.45, 2.75) is 50.0 Å². The van der Waals surface area contributed by atoms with E-state index in [1.807, 2.05) is 11.9 Å². The summed E-state index contributed by atoms with van der Waals surface area (Å²) < 4.78 is 12.0. The van der Waals surface area contributed by atoms with Gasteiger partial charge in [0.1, 0.15) is 0 Å². The van der Waals surface area contributed by atoms with Crippen LogP contribution in [-0.2, 0) is 9.47 Å². The van der Waals surface area contributed by atoms with E-state index in [4.69, 9.17) is 32.7 Å². The maximum absolute atomic E-state index is 13.1. The lowest BCUT2D eigenvalue weighted by atomic mass is 9.83. The van der Waals surface area contributed by atoms with Crippen LogP contribution >= 0.6 is 23.2 Å². The second-order valence-electron chi connectivity index (χ2n) is 7.77. The number of carbonyl (C=O) groups excluding carboxylic acids is 1. The summed E-state index contributed by atoms with van der Waals surface area (Å²) in [6.45, 7) is 3.48. The zero-order valence-electron chi connectivity index (χ0n) is 15.6. The van der Waals surface area contributed by atoms with Crippen LogP contribution in [0.2, 0.25) is 10.0 Å². The second kappa shape index (κ2) is 7.88. The molecule has 148 valence electrons. The van der Waals surface area contributed by atoms with E-state index in [2.05, 4.69) is 4.90 Å². The summed E-state index contributed by atoms with van der Waals surface area (Å²) in [5, 5.41) is 0.864. The third kappa shape index (κ3) is 3.85. The van der Waals surface area contributed by atoms with Gasteiger partial charge in [0.2, 0.25) is 0 Å². The van der Waals surface area contributed by atoms with Gasteiger partial charge in [-0.1, -0.05) is 23.2 Å². The maximum atomic E-state index is 13.1. The number of carbonyl (C=O) groups is 1. The molecule has 1 saturated carbocycles. The maximum Gasteiger partial charge on any atom is 0.253 e. The number of likely N-dealkylation sites (tertiary alicyclic amines) is 1. The number of likely N-dealkylation sites (N-methyl/N-ethyl adjacent to an activating group) is 1. The van der Waals surface area contributed by atoms with Gasteiger partial charge < -0.3 is 14.4 Å². The lowest BCUT2D eigenvalue weighted by Gasteiger charge is -2.47. The summed E-state index contributed by atoms with van der Waals surface area (Å²) in [5.74, 6) is -0.482. The minimum Gasteiger partial charge on any atom is -0.347 e. The molecule has 0 N–H and O–H groups in total. The first-order valence-corrected chi connectivity index (χ1v) is 10.5. The van der Waals surface area contributed by atoms with Gasteiger partial charge >= 0.3 is 0 Å². The minimum absolute atomic E-state index is 0.0213. The third-order valence-corrected chi connectivity index (χ3v) is 6.93. The molecule has 2 saturated heterocycles. The van der Waals surface area contributed by atoms with Crippen molar-refractivity contribution in [2.75, 3.05) is 33.4 Å². The molecule has 3 fully saturated rings. The van der Waals surface area contributed by atoms with E-state index in [0.29, 0.717) is 28.8 Å². The van der Waals surface area contributed by atoms with Crippen LogP contribution in [0.3, 0.4) is 0 Å². The predicted octanol–water partition coefficient (Wildman–Crippen LogP) is 3.83. The number of benzene rings is 1.